The number of anilines is 1. The summed E-state index contributed by atoms with van der Waals surface area (Å²) in [5.74, 6) is -0.491. The van der Waals surface area contributed by atoms with Crippen LogP contribution in [0.25, 0.3) is 0 Å². The predicted octanol–water partition coefficient (Wildman–Crippen LogP) is 5.13. The van der Waals surface area contributed by atoms with Crippen LogP contribution in [0, 0.1) is 11.7 Å². The third kappa shape index (κ3) is 4.71. The van der Waals surface area contributed by atoms with Crippen molar-refractivity contribution in [2.45, 2.75) is 54.6 Å². The lowest BCUT2D eigenvalue weighted by molar-refractivity contribution is -0.0768. The number of benzene rings is 3. The van der Waals surface area contributed by atoms with Crippen molar-refractivity contribution in [1.82, 2.24) is 10.2 Å². The molecule has 7 rings (SSSR count). The number of likely N-dealkylation sites (tertiary alicyclic amines) is 1. The normalized spacial score (nSPS) is 22.1. The van der Waals surface area contributed by atoms with Crippen LogP contribution in [0.3, 0.4) is 0 Å². The summed E-state index contributed by atoms with van der Waals surface area (Å²) in [6, 6.07) is 18.0. The van der Waals surface area contributed by atoms with E-state index in [9.17, 15) is 17.6 Å². The van der Waals surface area contributed by atoms with Crippen LogP contribution in [0.2, 0.25) is 5.02 Å². The second kappa shape index (κ2) is 10.6. The van der Waals surface area contributed by atoms with Gasteiger partial charge in [0, 0.05) is 22.5 Å². The summed E-state index contributed by atoms with van der Waals surface area (Å²) in [6.45, 7) is 3.43. The molecule has 1 unspecified atom stereocenters. The topological polar surface area (TPSA) is 79.0 Å². The van der Waals surface area contributed by atoms with E-state index in [1.807, 2.05) is 24.3 Å². The number of carbonyl (C=O) groups excluding carboxylic acids is 1. The van der Waals surface area contributed by atoms with Gasteiger partial charge in [0.05, 0.1) is 35.9 Å². The Balaban J connectivity index is 1.28. The molecule has 1 saturated carbocycles. The van der Waals surface area contributed by atoms with E-state index >= 15 is 0 Å². The number of hydrogen-bond acceptors (Lipinski definition) is 5. The van der Waals surface area contributed by atoms with Gasteiger partial charge in [-0.2, -0.15) is 0 Å². The number of nitrogens with zero attached hydrogens (tertiary/aromatic N) is 2. The molecule has 7 nitrogen and oxygen atoms in total. The molecular formula is C32H33ClFN3O4S. The molecule has 1 amide bonds. The van der Waals surface area contributed by atoms with E-state index in [0.717, 1.165) is 63.1 Å². The Morgan fingerprint density at radius 3 is 2.38 bits per heavy atom. The number of nitrogens with one attached hydrogen (secondary N) is 1. The maximum Gasteiger partial charge on any atom is 0.264 e. The summed E-state index contributed by atoms with van der Waals surface area (Å²) < 4.78 is 49.4. The predicted molar refractivity (Wildman–Crippen MR) is 159 cm³/mol. The molecule has 1 N–H and O–H groups in total. The molecule has 220 valence electrons. The number of ether oxygens (including phenoxy) is 1. The summed E-state index contributed by atoms with van der Waals surface area (Å²) in [4.78, 5) is 15.9. The van der Waals surface area contributed by atoms with Crippen LogP contribution in [0.15, 0.2) is 71.6 Å². The summed E-state index contributed by atoms with van der Waals surface area (Å²) in [5.41, 5.74) is 2.43. The Kier molecular flexibility index (Phi) is 7.04. The molecule has 4 aliphatic rings. The number of carbonyl (C=O) groups is 1. The number of piperidine rings is 1. The van der Waals surface area contributed by atoms with E-state index in [2.05, 4.69) is 10.2 Å². The molecule has 1 spiro atoms. The zero-order valence-corrected chi connectivity index (χ0v) is 24.7. The lowest BCUT2D eigenvalue weighted by Crippen LogP contribution is -2.58. The molecule has 3 aromatic rings. The highest BCUT2D eigenvalue weighted by atomic mass is 35.5. The average molecular weight is 610 g/mol. The van der Waals surface area contributed by atoms with Crippen molar-refractivity contribution in [2.24, 2.45) is 5.92 Å². The monoisotopic (exact) mass is 609 g/mol. The first-order chi connectivity index (χ1) is 20.3. The van der Waals surface area contributed by atoms with Crippen molar-refractivity contribution in [1.29, 1.82) is 0 Å². The highest BCUT2D eigenvalue weighted by Gasteiger charge is 2.60. The average Bonchev–Trinajstić information content (AvgIpc) is 3.76. The molecule has 3 heterocycles. The van der Waals surface area contributed by atoms with Crippen molar-refractivity contribution in [2.75, 3.05) is 30.6 Å². The van der Waals surface area contributed by atoms with Gasteiger partial charge in [-0.1, -0.05) is 29.8 Å². The largest absolute Gasteiger partial charge is 0.378 e. The van der Waals surface area contributed by atoms with Crippen LogP contribution >= 0.6 is 11.6 Å². The molecule has 0 radical (unpaired) electrons. The van der Waals surface area contributed by atoms with Crippen molar-refractivity contribution >= 4 is 33.2 Å². The van der Waals surface area contributed by atoms with Gasteiger partial charge in [-0.3, -0.25) is 14.0 Å². The fraction of sp³-hybridized carbons (Fsp3) is 0.406. The van der Waals surface area contributed by atoms with Crippen molar-refractivity contribution in [3.05, 3.63) is 94.3 Å². The number of fused-ring (bicyclic) bond motifs is 2. The molecule has 0 aromatic heterocycles. The van der Waals surface area contributed by atoms with Crippen molar-refractivity contribution in [3.63, 3.8) is 0 Å². The molecule has 0 bridgehead atoms. The molecule has 2 saturated heterocycles. The van der Waals surface area contributed by atoms with Crippen LogP contribution < -0.4 is 9.62 Å². The fourth-order valence-corrected chi connectivity index (χ4v) is 9.06. The van der Waals surface area contributed by atoms with Crippen molar-refractivity contribution in [3.8, 4) is 0 Å². The third-order valence-electron chi connectivity index (χ3n) is 9.51. The minimum absolute atomic E-state index is 0.0724. The Morgan fingerprint density at radius 2 is 1.74 bits per heavy atom. The molecule has 3 aromatic carbocycles. The van der Waals surface area contributed by atoms with Crippen LogP contribution in [0.4, 0.5) is 10.1 Å². The second-order valence-corrected chi connectivity index (χ2v) is 14.1. The van der Waals surface area contributed by atoms with E-state index in [1.54, 1.807) is 22.5 Å². The summed E-state index contributed by atoms with van der Waals surface area (Å²) >= 11 is 6.30. The second-order valence-electron chi connectivity index (χ2n) is 11.9. The fourth-order valence-electron chi connectivity index (χ4n) is 7.06. The SMILES string of the molecule is O=C(NCc1ccccc1Cl)c1ccc2c(c1)C1(CCN(C3COC3)CC1)C(C1CC1)N2S(=O)(=O)c1ccc(F)cc1. The van der Waals surface area contributed by atoms with E-state index in [-0.39, 0.29) is 29.3 Å². The van der Waals surface area contributed by atoms with Gasteiger partial charge in [-0.25, -0.2) is 12.8 Å². The molecule has 3 aliphatic heterocycles. The molecule has 1 atom stereocenters. The van der Waals surface area contributed by atoms with Gasteiger partial charge in [0.25, 0.3) is 15.9 Å². The molecule has 3 fully saturated rings. The molecule has 1 aliphatic carbocycles. The Labute approximate surface area is 250 Å². The van der Waals surface area contributed by atoms with Gasteiger partial charge in [0.2, 0.25) is 0 Å². The van der Waals surface area contributed by atoms with Gasteiger partial charge < -0.3 is 10.1 Å². The van der Waals surface area contributed by atoms with Crippen LogP contribution in [0.1, 0.15) is 47.2 Å². The summed E-state index contributed by atoms with van der Waals surface area (Å²) in [5, 5.41) is 3.57. The van der Waals surface area contributed by atoms with Gasteiger partial charge in [-0.05, 0) is 104 Å². The first kappa shape index (κ1) is 27.8. The first-order valence-electron chi connectivity index (χ1n) is 14.6. The molecule has 42 heavy (non-hydrogen) atoms. The van der Waals surface area contributed by atoms with Gasteiger partial charge in [0.15, 0.2) is 0 Å². The lowest BCUT2D eigenvalue weighted by Gasteiger charge is -2.48. The van der Waals surface area contributed by atoms with E-state index in [0.29, 0.717) is 22.3 Å². The maximum absolute atomic E-state index is 14.3. The van der Waals surface area contributed by atoms with Gasteiger partial charge in [-0.15, -0.1) is 0 Å². The van der Waals surface area contributed by atoms with Crippen LogP contribution in [-0.2, 0) is 26.7 Å². The summed E-state index contributed by atoms with van der Waals surface area (Å²) in [6.07, 6.45) is 3.50. The van der Waals surface area contributed by atoms with Crippen LogP contribution in [0.5, 0.6) is 0 Å². The highest BCUT2D eigenvalue weighted by molar-refractivity contribution is 7.92. The van der Waals surface area contributed by atoms with E-state index in [1.165, 1.54) is 24.3 Å². The Hall–Kier alpha value is -2.98. The quantitative estimate of drug-likeness (QED) is 0.402. The Morgan fingerprint density at radius 1 is 1.02 bits per heavy atom. The van der Waals surface area contributed by atoms with Crippen molar-refractivity contribution < 1.29 is 22.3 Å². The zero-order valence-electron chi connectivity index (χ0n) is 23.1. The maximum atomic E-state index is 14.3. The number of hydrogen-bond donors (Lipinski definition) is 1. The van der Waals surface area contributed by atoms with E-state index < -0.39 is 21.3 Å². The summed E-state index contributed by atoms with van der Waals surface area (Å²) in [7, 11) is -3.99. The zero-order chi connectivity index (χ0) is 29.1. The Bertz CT molecular complexity index is 1620. The number of sulfonamides is 1. The first-order valence-corrected chi connectivity index (χ1v) is 16.4. The standard InChI is InChI=1S/C32H33ClFN3O4S/c33-28-4-2-1-3-23(28)18-35-31(38)22-7-12-29-27(17-22)32(13-15-36(16-14-32)25-19-41-20-25)30(21-5-6-21)37(29)42(39,40)26-10-8-24(34)9-11-26/h1-4,7-12,17,21,25,30H,5-6,13-16,18-20H2,(H,35,38). The molecular weight excluding hydrogens is 577 g/mol. The highest BCUT2D eigenvalue weighted by Crippen LogP contribution is 2.59. The number of halogens is 2. The van der Waals surface area contributed by atoms with Crippen LogP contribution in [-0.4, -0.2) is 57.6 Å². The molecule has 10 heteroatoms. The minimum atomic E-state index is -3.99. The van der Waals surface area contributed by atoms with Gasteiger partial charge in [0.1, 0.15) is 5.82 Å². The smallest absolute Gasteiger partial charge is 0.264 e. The number of amides is 1. The van der Waals surface area contributed by atoms with Gasteiger partial charge >= 0.3 is 0 Å². The lowest BCUT2D eigenvalue weighted by atomic mass is 9.67. The number of rotatable bonds is 7. The third-order valence-corrected chi connectivity index (χ3v) is 11.7. The van der Waals surface area contributed by atoms with E-state index in [4.69, 9.17) is 16.3 Å². The minimum Gasteiger partial charge on any atom is -0.378 e.